The predicted molar refractivity (Wildman–Crippen MR) is 48.2 cm³/mol. The van der Waals surface area contributed by atoms with Crippen molar-refractivity contribution in [1.29, 1.82) is 0 Å². The summed E-state index contributed by atoms with van der Waals surface area (Å²) in [5, 5.41) is 8.61. The molecule has 74 valence electrons. The van der Waals surface area contributed by atoms with Gasteiger partial charge >= 0.3 is 5.97 Å². The molecule has 1 atom stereocenters. The van der Waals surface area contributed by atoms with Crippen molar-refractivity contribution in [3.63, 3.8) is 0 Å². The van der Waals surface area contributed by atoms with Crippen molar-refractivity contribution in [2.45, 2.75) is 27.2 Å². The smallest absolute Gasteiger partial charge is 0.303 e. The van der Waals surface area contributed by atoms with E-state index >= 15 is 0 Å². The minimum atomic E-state index is -0.860. The summed E-state index contributed by atoms with van der Waals surface area (Å²) in [6.45, 7) is 6.03. The number of aliphatic carboxylic acids is 1. The summed E-state index contributed by atoms with van der Waals surface area (Å²) >= 11 is 0. The molecule has 4 heteroatoms. The van der Waals surface area contributed by atoms with Gasteiger partial charge in [-0.15, -0.1) is 0 Å². The molecule has 13 heavy (non-hydrogen) atoms. The van der Waals surface area contributed by atoms with Gasteiger partial charge in [0.05, 0.1) is 13.0 Å². The topological polar surface area (TPSA) is 66.7 Å². The van der Waals surface area contributed by atoms with Crippen LogP contribution >= 0.6 is 0 Å². The number of hydrogen-bond donors (Lipinski definition) is 1. The molecule has 0 aromatic heterocycles. The van der Waals surface area contributed by atoms with E-state index < -0.39 is 5.97 Å². The average molecular weight is 185 g/mol. The SMILES string of the molecule is CC(C)(C)C(CN=C=O)CC(=O)O. The summed E-state index contributed by atoms with van der Waals surface area (Å²) < 4.78 is 0. The third kappa shape index (κ3) is 5.15. The number of hydrogen-bond acceptors (Lipinski definition) is 3. The van der Waals surface area contributed by atoms with Gasteiger partial charge in [-0.25, -0.2) is 9.79 Å². The second-order valence-electron chi connectivity index (χ2n) is 4.09. The highest BCUT2D eigenvalue weighted by Gasteiger charge is 2.26. The quantitative estimate of drug-likeness (QED) is 0.532. The summed E-state index contributed by atoms with van der Waals surface area (Å²) in [5.74, 6) is -0.979. The first-order chi connectivity index (χ1) is 5.88. The summed E-state index contributed by atoms with van der Waals surface area (Å²) in [4.78, 5) is 23.8. The summed E-state index contributed by atoms with van der Waals surface area (Å²) in [6, 6.07) is 0. The molecule has 0 saturated heterocycles. The Hall–Kier alpha value is -1.15. The number of carbonyl (C=O) groups excluding carboxylic acids is 1. The van der Waals surface area contributed by atoms with Gasteiger partial charge in [-0.2, -0.15) is 0 Å². The van der Waals surface area contributed by atoms with E-state index in [1.54, 1.807) is 0 Å². The maximum atomic E-state index is 10.5. The monoisotopic (exact) mass is 185 g/mol. The standard InChI is InChI=1S/C9H15NO3/c1-9(2,3)7(4-8(12)13)5-10-6-11/h7H,4-5H2,1-3H3,(H,12,13). The van der Waals surface area contributed by atoms with Crippen LogP contribution in [0.15, 0.2) is 4.99 Å². The maximum absolute atomic E-state index is 10.5. The largest absolute Gasteiger partial charge is 0.481 e. The Morgan fingerprint density at radius 3 is 2.38 bits per heavy atom. The van der Waals surface area contributed by atoms with E-state index in [4.69, 9.17) is 5.11 Å². The Morgan fingerprint density at radius 1 is 1.54 bits per heavy atom. The fourth-order valence-electron chi connectivity index (χ4n) is 1.00. The molecule has 0 amide bonds. The first kappa shape index (κ1) is 11.8. The number of carboxylic acids is 1. The molecule has 0 bridgehead atoms. The molecule has 0 aliphatic rings. The number of rotatable bonds is 4. The molecule has 0 spiro atoms. The van der Waals surface area contributed by atoms with Gasteiger partial charge in [0, 0.05) is 0 Å². The first-order valence-corrected chi connectivity index (χ1v) is 4.13. The molecule has 0 saturated carbocycles. The number of carbonyl (C=O) groups is 1. The lowest BCUT2D eigenvalue weighted by Crippen LogP contribution is -2.25. The zero-order valence-corrected chi connectivity index (χ0v) is 8.20. The van der Waals surface area contributed by atoms with Crippen LogP contribution in [0, 0.1) is 11.3 Å². The van der Waals surface area contributed by atoms with Crippen molar-refractivity contribution in [2.75, 3.05) is 6.54 Å². The number of nitrogens with zero attached hydrogens (tertiary/aromatic N) is 1. The van der Waals surface area contributed by atoms with Gasteiger partial charge in [-0.05, 0) is 11.3 Å². The van der Waals surface area contributed by atoms with Crippen molar-refractivity contribution >= 4 is 12.0 Å². The minimum absolute atomic E-state index is 0.0364. The number of aliphatic imine (C=N–C) groups is 1. The van der Waals surface area contributed by atoms with Crippen molar-refractivity contribution in [3.05, 3.63) is 0 Å². The number of carboxylic acid groups (broad SMARTS) is 1. The van der Waals surface area contributed by atoms with Crippen molar-refractivity contribution in [3.8, 4) is 0 Å². The van der Waals surface area contributed by atoms with Gasteiger partial charge in [-0.3, -0.25) is 4.79 Å². The highest BCUT2D eigenvalue weighted by Crippen LogP contribution is 2.28. The highest BCUT2D eigenvalue weighted by atomic mass is 16.4. The predicted octanol–water partition coefficient (Wildman–Crippen LogP) is 1.46. The third-order valence-corrected chi connectivity index (χ3v) is 2.02. The van der Waals surface area contributed by atoms with E-state index in [9.17, 15) is 9.59 Å². The second kappa shape index (κ2) is 4.77. The Labute approximate surface area is 77.7 Å². The number of isocyanates is 1. The summed E-state index contributed by atoms with van der Waals surface area (Å²) in [5.41, 5.74) is -0.154. The molecule has 0 radical (unpaired) electrons. The van der Waals surface area contributed by atoms with Crippen LogP contribution in [0.2, 0.25) is 0 Å². The van der Waals surface area contributed by atoms with Crippen molar-refractivity contribution < 1.29 is 14.7 Å². The molecular formula is C9H15NO3. The van der Waals surface area contributed by atoms with Gasteiger partial charge in [-0.1, -0.05) is 20.8 Å². The van der Waals surface area contributed by atoms with Crippen LogP contribution in [0.1, 0.15) is 27.2 Å². The van der Waals surface area contributed by atoms with E-state index in [0.29, 0.717) is 0 Å². The molecule has 4 nitrogen and oxygen atoms in total. The van der Waals surface area contributed by atoms with Crippen LogP contribution < -0.4 is 0 Å². The lowest BCUT2D eigenvalue weighted by Gasteiger charge is -2.27. The minimum Gasteiger partial charge on any atom is -0.481 e. The van der Waals surface area contributed by atoms with Crippen LogP contribution in [0.5, 0.6) is 0 Å². The molecule has 0 aromatic rings. The van der Waals surface area contributed by atoms with E-state index in [0.717, 1.165) is 0 Å². The normalized spacial score (nSPS) is 13.2. The Balaban J connectivity index is 4.36. The Morgan fingerprint density at radius 2 is 2.08 bits per heavy atom. The van der Waals surface area contributed by atoms with E-state index in [-0.39, 0.29) is 24.3 Å². The van der Waals surface area contributed by atoms with Crippen molar-refractivity contribution in [2.24, 2.45) is 16.3 Å². The molecule has 1 N–H and O–H groups in total. The maximum Gasteiger partial charge on any atom is 0.303 e. The van der Waals surface area contributed by atoms with Crippen LogP contribution in [0.25, 0.3) is 0 Å². The lowest BCUT2D eigenvalue weighted by atomic mass is 9.79. The molecule has 0 fully saturated rings. The molecule has 0 heterocycles. The zero-order valence-electron chi connectivity index (χ0n) is 8.20. The fourth-order valence-corrected chi connectivity index (χ4v) is 1.00. The molecule has 0 aliphatic carbocycles. The summed E-state index contributed by atoms with van der Waals surface area (Å²) in [7, 11) is 0. The molecule has 0 rings (SSSR count). The van der Waals surface area contributed by atoms with E-state index in [1.165, 1.54) is 6.08 Å². The zero-order chi connectivity index (χ0) is 10.5. The van der Waals surface area contributed by atoms with Gasteiger partial charge in [0.15, 0.2) is 0 Å². The summed E-state index contributed by atoms with van der Waals surface area (Å²) in [6.07, 6.45) is 1.46. The van der Waals surface area contributed by atoms with Gasteiger partial charge in [0.1, 0.15) is 0 Å². The van der Waals surface area contributed by atoms with Gasteiger partial charge in [0.2, 0.25) is 6.08 Å². The fraction of sp³-hybridized carbons (Fsp3) is 0.778. The van der Waals surface area contributed by atoms with Crippen molar-refractivity contribution in [1.82, 2.24) is 0 Å². The van der Waals surface area contributed by atoms with Gasteiger partial charge < -0.3 is 5.11 Å². The van der Waals surface area contributed by atoms with Crippen LogP contribution in [-0.4, -0.2) is 23.7 Å². The lowest BCUT2D eigenvalue weighted by molar-refractivity contribution is -0.138. The average Bonchev–Trinajstić information content (AvgIpc) is 1.95. The van der Waals surface area contributed by atoms with Gasteiger partial charge in [0.25, 0.3) is 0 Å². The van der Waals surface area contributed by atoms with Crippen LogP contribution in [-0.2, 0) is 9.59 Å². The highest BCUT2D eigenvalue weighted by molar-refractivity contribution is 5.67. The Kier molecular flexibility index (Phi) is 4.35. The molecule has 1 unspecified atom stereocenters. The second-order valence-corrected chi connectivity index (χ2v) is 4.09. The van der Waals surface area contributed by atoms with Crippen LogP contribution in [0.4, 0.5) is 0 Å². The van der Waals surface area contributed by atoms with Crippen LogP contribution in [0.3, 0.4) is 0 Å². The molecule has 0 aliphatic heterocycles. The molecule has 0 aromatic carbocycles. The van der Waals surface area contributed by atoms with E-state index in [1.807, 2.05) is 20.8 Å². The Bertz CT molecular complexity index is 220. The molecular weight excluding hydrogens is 170 g/mol. The first-order valence-electron chi connectivity index (χ1n) is 4.13. The third-order valence-electron chi connectivity index (χ3n) is 2.02. The van der Waals surface area contributed by atoms with E-state index in [2.05, 4.69) is 4.99 Å².